The van der Waals surface area contributed by atoms with Gasteiger partial charge in [-0.3, -0.25) is 25.2 Å². The van der Waals surface area contributed by atoms with E-state index >= 15 is 0 Å². The molecule has 1 saturated heterocycles. The molecule has 1 aliphatic heterocycles. The van der Waals surface area contributed by atoms with Gasteiger partial charge in [-0.1, -0.05) is 17.7 Å². The molecule has 0 aliphatic carbocycles. The first-order valence-electron chi connectivity index (χ1n) is 10.5. The molecule has 0 bridgehead atoms. The molecule has 3 rings (SSSR count). The lowest BCUT2D eigenvalue weighted by Crippen LogP contribution is -2.41. The fourth-order valence-electron chi connectivity index (χ4n) is 3.51. The van der Waals surface area contributed by atoms with Crippen LogP contribution in [0.3, 0.4) is 0 Å². The van der Waals surface area contributed by atoms with Crippen molar-refractivity contribution < 1.29 is 22.8 Å². The number of rotatable bonds is 7. The van der Waals surface area contributed by atoms with E-state index in [-0.39, 0.29) is 29.1 Å². The van der Waals surface area contributed by atoms with Crippen molar-refractivity contribution in [2.24, 2.45) is 0 Å². The van der Waals surface area contributed by atoms with Crippen LogP contribution in [-0.4, -0.2) is 43.4 Å². The minimum atomic E-state index is -3.55. The third-order valence-electron chi connectivity index (χ3n) is 5.41. The number of Topliss-reactive ketones (excluding diaryl/α,β-unsaturated/α-hetero) is 1. The molecule has 1 fully saturated rings. The Kier molecular flexibility index (Phi) is 7.42. The van der Waals surface area contributed by atoms with Gasteiger partial charge in [-0.2, -0.15) is 4.31 Å². The van der Waals surface area contributed by atoms with E-state index in [1.807, 2.05) is 26.0 Å². The molecule has 170 valence electrons. The topological polar surface area (TPSA) is 113 Å². The Hall–Kier alpha value is -3.04. The van der Waals surface area contributed by atoms with Gasteiger partial charge in [0, 0.05) is 37.1 Å². The number of hydrazine groups is 1. The van der Waals surface area contributed by atoms with Gasteiger partial charge in [0.2, 0.25) is 15.9 Å². The summed E-state index contributed by atoms with van der Waals surface area (Å²) >= 11 is 0. The maximum atomic E-state index is 12.5. The Morgan fingerprint density at radius 2 is 1.56 bits per heavy atom. The Balaban J connectivity index is 1.50. The smallest absolute Gasteiger partial charge is 0.269 e. The van der Waals surface area contributed by atoms with Crippen molar-refractivity contribution in [3.63, 3.8) is 0 Å². The molecular weight excluding hydrogens is 430 g/mol. The van der Waals surface area contributed by atoms with Gasteiger partial charge in [0.15, 0.2) is 5.78 Å². The SMILES string of the molecule is Cc1ccc(C)c(C(=O)CCC(=O)NNC(=O)c2ccc(S(=O)(=O)N3CCCC3)cc2)c1. The van der Waals surface area contributed by atoms with Crippen LogP contribution in [-0.2, 0) is 14.8 Å². The maximum absolute atomic E-state index is 12.5. The Morgan fingerprint density at radius 3 is 2.22 bits per heavy atom. The summed E-state index contributed by atoms with van der Waals surface area (Å²) in [4.78, 5) is 36.8. The first-order valence-corrected chi connectivity index (χ1v) is 11.9. The monoisotopic (exact) mass is 457 g/mol. The molecule has 2 aromatic carbocycles. The molecule has 0 spiro atoms. The molecule has 0 saturated carbocycles. The number of hydrogen-bond donors (Lipinski definition) is 2. The highest BCUT2D eigenvalue weighted by molar-refractivity contribution is 7.89. The summed E-state index contributed by atoms with van der Waals surface area (Å²) in [6.45, 7) is 4.74. The number of nitrogens with zero attached hydrogens (tertiary/aromatic N) is 1. The number of carbonyl (C=O) groups excluding carboxylic acids is 3. The second-order valence-electron chi connectivity index (χ2n) is 7.88. The molecule has 1 heterocycles. The van der Waals surface area contributed by atoms with E-state index in [0.29, 0.717) is 18.7 Å². The summed E-state index contributed by atoms with van der Waals surface area (Å²) in [5.41, 5.74) is 7.19. The van der Waals surface area contributed by atoms with Crippen LogP contribution >= 0.6 is 0 Å². The van der Waals surface area contributed by atoms with E-state index in [1.165, 1.54) is 28.6 Å². The largest absolute Gasteiger partial charge is 0.294 e. The van der Waals surface area contributed by atoms with Crippen LogP contribution < -0.4 is 10.9 Å². The standard InChI is InChI=1S/C23H27N3O5S/c1-16-5-6-17(2)20(15-16)21(27)11-12-22(28)24-25-23(29)18-7-9-19(10-8-18)32(30,31)26-13-3-4-14-26/h5-10,15H,3-4,11-14H2,1-2H3,(H,24,28)(H,25,29). The molecule has 9 heteroatoms. The van der Waals surface area contributed by atoms with Crippen molar-refractivity contribution in [2.75, 3.05) is 13.1 Å². The van der Waals surface area contributed by atoms with Crippen LogP contribution in [0.4, 0.5) is 0 Å². The van der Waals surface area contributed by atoms with Gasteiger partial charge in [0.05, 0.1) is 4.90 Å². The van der Waals surface area contributed by atoms with Crippen molar-refractivity contribution in [3.8, 4) is 0 Å². The Morgan fingerprint density at radius 1 is 0.906 bits per heavy atom. The predicted molar refractivity (Wildman–Crippen MR) is 120 cm³/mol. The summed E-state index contributed by atoms with van der Waals surface area (Å²) in [7, 11) is -3.55. The predicted octanol–water partition coefficient (Wildman–Crippen LogP) is 2.51. The normalized spacial score (nSPS) is 14.2. The quantitative estimate of drug-likeness (QED) is 0.490. The Bertz CT molecular complexity index is 1120. The number of carbonyl (C=O) groups is 3. The highest BCUT2D eigenvalue weighted by Crippen LogP contribution is 2.21. The van der Waals surface area contributed by atoms with E-state index in [4.69, 9.17) is 0 Å². The van der Waals surface area contributed by atoms with Crippen molar-refractivity contribution in [1.29, 1.82) is 0 Å². The lowest BCUT2D eigenvalue weighted by atomic mass is 9.99. The van der Waals surface area contributed by atoms with Crippen LogP contribution in [0.15, 0.2) is 47.4 Å². The molecule has 0 unspecified atom stereocenters. The number of benzene rings is 2. The zero-order chi connectivity index (χ0) is 23.3. The van der Waals surface area contributed by atoms with E-state index < -0.39 is 21.8 Å². The maximum Gasteiger partial charge on any atom is 0.269 e. The molecule has 0 atom stereocenters. The number of sulfonamides is 1. The number of amides is 2. The van der Waals surface area contributed by atoms with Gasteiger partial charge in [0.25, 0.3) is 5.91 Å². The average Bonchev–Trinajstić information content (AvgIpc) is 3.33. The molecule has 1 aliphatic rings. The van der Waals surface area contributed by atoms with Crippen molar-refractivity contribution in [1.82, 2.24) is 15.2 Å². The van der Waals surface area contributed by atoms with Crippen molar-refractivity contribution in [3.05, 3.63) is 64.7 Å². The zero-order valence-corrected chi connectivity index (χ0v) is 19.0. The van der Waals surface area contributed by atoms with Crippen LogP contribution in [0.5, 0.6) is 0 Å². The molecular formula is C23H27N3O5S. The summed E-state index contributed by atoms with van der Waals surface area (Å²) in [6.07, 6.45) is 1.64. The number of nitrogens with one attached hydrogen (secondary N) is 2. The van der Waals surface area contributed by atoms with Crippen molar-refractivity contribution in [2.45, 2.75) is 44.4 Å². The van der Waals surface area contributed by atoms with Gasteiger partial charge in [-0.05, 0) is 62.6 Å². The summed E-state index contributed by atoms with van der Waals surface area (Å²) in [5, 5.41) is 0. The second-order valence-corrected chi connectivity index (χ2v) is 9.82. The van der Waals surface area contributed by atoms with Crippen LogP contribution in [0.1, 0.15) is 57.5 Å². The molecule has 8 nitrogen and oxygen atoms in total. The third-order valence-corrected chi connectivity index (χ3v) is 7.32. The molecule has 0 radical (unpaired) electrons. The van der Waals surface area contributed by atoms with Gasteiger partial charge in [0.1, 0.15) is 0 Å². The fourth-order valence-corrected chi connectivity index (χ4v) is 5.03. The average molecular weight is 458 g/mol. The summed E-state index contributed by atoms with van der Waals surface area (Å²) in [6, 6.07) is 11.1. The minimum Gasteiger partial charge on any atom is -0.294 e. The number of hydrogen-bond acceptors (Lipinski definition) is 5. The first kappa shape index (κ1) is 23.6. The first-order chi connectivity index (χ1) is 15.2. The summed E-state index contributed by atoms with van der Waals surface area (Å²) < 4.78 is 26.5. The van der Waals surface area contributed by atoms with Crippen LogP contribution in [0, 0.1) is 13.8 Å². The fraction of sp³-hybridized carbons (Fsp3) is 0.348. The molecule has 0 aromatic heterocycles. The third kappa shape index (κ3) is 5.60. The van der Waals surface area contributed by atoms with E-state index in [0.717, 1.165) is 24.0 Å². The lowest BCUT2D eigenvalue weighted by Gasteiger charge is -2.15. The second kappa shape index (κ2) is 10.1. The molecule has 32 heavy (non-hydrogen) atoms. The Labute approximate surface area is 188 Å². The molecule has 2 amide bonds. The molecule has 2 aromatic rings. The highest BCUT2D eigenvalue weighted by Gasteiger charge is 2.27. The van der Waals surface area contributed by atoms with Crippen LogP contribution in [0.2, 0.25) is 0 Å². The van der Waals surface area contributed by atoms with Gasteiger partial charge < -0.3 is 0 Å². The van der Waals surface area contributed by atoms with E-state index in [9.17, 15) is 22.8 Å². The van der Waals surface area contributed by atoms with Gasteiger partial charge in [-0.15, -0.1) is 0 Å². The lowest BCUT2D eigenvalue weighted by molar-refractivity contribution is -0.121. The zero-order valence-electron chi connectivity index (χ0n) is 18.2. The van der Waals surface area contributed by atoms with E-state index in [2.05, 4.69) is 10.9 Å². The minimum absolute atomic E-state index is 0.0229. The van der Waals surface area contributed by atoms with Crippen molar-refractivity contribution >= 4 is 27.6 Å². The number of ketones is 1. The molecule has 2 N–H and O–H groups in total. The summed E-state index contributed by atoms with van der Waals surface area (Å²) in [5.74, 6) is -1.21. The highest BCUT2D eigenvalue weighted by atomic mass is 32.2. The van der Waals surface area contributed by atoms with Gasteiger partial charge >= 0.3 is 0 Å². The van der Waals surface area contributed by atoms with E-state index in [1.54, 1.807) is 6.07 Å². The van der Waals surface area contributed by atoms with Crippen LogP contribution in [0.25, 0.3) is 0 Å². The number of aryl methyl sites for hydroxylation is 2. The van der Waals surface area contributed by atoms with Gasteiger partial charge in [-0.25, -0.2) is 8.42 Å².